The maximum Gasteiger partial charge on any atom is 0.240 e. The van der Waals surface area contributed by atoms with E-state index in [2.05, 4.69) is 114 Å². The van der Waals surface area contributed by atoms with Crippen LogP contribution >= 0.6 is 0 Å². The number of aryl methyl sites for hydroxylation is 1. The summed E-state index contributed by atoms with van der Waals surface area (Å²) in [7, 11) is -1.81. The zero-order valence-electron chi connectivity index (χ0n) is 20.4. The van der Waals surface area contributed by atoms with Crippen LogP contribution in [0.5, 0.6) is 0 Å². The summed E-state index contributed by atoms with van der Waals surface area (Å²) in [5.74, 6) is 0. The molecule has 0 fully saturated rings. The number of allylic oxidation sites excluding steroid dienone is 1. The molecule has 0 aliphatic rings. The van der Waals surface area contributed by atoms with Gasteiger partial charge < -0.3 is 10.2 Å². The number of benzene rings is 3. The summed E-state index contributed by atoms with van der Waals surface area (Å²) in [6.07, 6.45) is 2.12. The highest BCUT2D eigenvalue weighted by molar-refractivity contribution is 6.80. The molecule has 2 nitrogen and oxygen atoms in total. The summed E-state index contributed by atoms with van der Waals surface area (Å²) in [5, 5.41) is 2.60. The second-order valence-corrected chi connectivity index (χ2v) is 12.0. The van der Waals surface area contributed by atoms with E-state index < -0.39 is 9.04 Å². The molecule has 0 aliphatic heterocycles. The van der Waals surface area contributed by atoms with Crippen LogP contribution in [-0.4, -0.2) is 15.6 Å². The lowest BCUT2D eigenvalue weighted by Gasteiger charge is -2.29. The Morgan fingerprint density at radius 2 is 1.47 bits per heavy atom. The Kier molecular flexibility index (Phi) is 7.89. The summed E-state index contributed by atoms with van der Waals surface area (Å²) in [6.45, 7) is 14.7. The summed E-state index contributed by atoms with van der Waals surface area (Å²) in [4.78, 5) is 0. The van der Waals surface area contributed by atoms with E-state index in [9.17, 15) is 0 Å². The monoisotopic (exact) mass is 443 g/mol. The number of hydrogen-bond acceptors (Lipinski definition) is 2. The van der Waals surface area contributed by atoms with Crippen molar-refractivity contribution in [1.82, 2.24) is 0 Å². The van der Waals surface area contributed by atoms with Crippen molar-refractivity contribution in [3.05, 3.63) is 101 Å². The molecule has 0 aliphatic carbocycles. The van der Waals surface area contributed by atoms with Crippen LogP contribution in [0.3, 0.4) is 0 Å². The molecule has 32 heavy (non-hydrogen) atoms. The minimum absolute atomic E-state index is 0.0800. The van der Waals surface area contributed by atoms with Crippen molar-refractivity contribution in [3.63, 3.8) is 0 Å². The molecule has 0 bridgehead atoms. The number of hydrogen-bond donors (Lipinski definition) is 1. The van der Waals surface area contributed by atoms with Crippen LogP contribution in [0.15, 0.2) is 72.8 Å². The van der Waals surface area contributed by atoms with Gasteiger partial charge in [-0.25, -0.2) is 0 Å². The fourth-order valence-electron chi connectivity index (χ4n) is 4.98. The van der Waals surface area contributed by atoms with Crippen LogP contribution in [-0.2, 0) is 16.4 Å². The van der Waals surface area contributed by atoms with Gasteiger partial charge in [-0.05, 0) is 70.0 Å². The molecule has 3 aromatic rings. The van der Waals surface area contributed by atoms with Crippen LogP contribution in [0.1, 0.15) is 55.5 Å². The van der Waals surface area contributed by atoms with E-state index in [-0.39, 0.29) is 5.41 Å². The predicted molar refractivity (Wildman–Crippen MR) is 141 cm³/mol. The Morgan fingerprint density at radius 1 is 0.938 bits per heavy atom. The van der Waals surface area contributed by atoms with Crippen molar-refractivity contribution in [1.29, 1.82) is 0 Å². The molecule has 0 saturated heterocycles. The smallest absolute Gasteiger partial charge is 0.240 e. The summed E-state index contributed by atoms with van der Waals surface area (Å²) in [6, 6.07) is 23.7. The highest BCUT2D eigenvalue weighted by Gasteiger charge is 2.24. The molecule has 2 N–H and O–H groups in total. The van der Waals surface area contributed by atoms with Crippen molar-refractivity contribution in [2.75, 3.05) is 6.54 Å². The SMILES string of the molecule is CC(=CCN)c1c(CO[SiH](c2ccccc2)c2ccccc2)cc(C)c(C(C)(C)C)c1C. The first-order chi connectivity index (χ1) is 15.2. The maximum atomic E-state index is 6.79. The Balaban J connectivity index is 2.06. The average molecular weight is 444 g/mol. The van der Waals surface area contributed by atoms with Crippen molar-refractivity contribution in [2.45, 2.75) is 53.6 Å². The van der Waals surface area contributed by atoms with Gasteiger partial charge in [-0.2, -0.15) is 0 Å². The van der Waals surface area contributed by atoms with Crippen molar-refractivity contribution in [3.8, 4) is 0 Å². The molecule has 0 unspecified atom stereocenters. The molecule has 0 spiro atoms. The topological polar surface area (TPSA) is 35.2 Å². The highest BCUT2D eigenvalue weighted by Crippen LogP contribution is 2.35. The van der Waals surface area contributed by atoms with E-state index in [1.807, 2.05) is 0 Å². The van der Waals surface area contributed by atoms with Crippen molar-refractivity contribution in [2.24, 2.45) is 5.73 Å². The number of nitrogens with two attached hydrogens (primary N) is 1. The number of rotatable bonds is 7. The summed E-state index contributed by atoms with van der Waals surface area (Å²) >= 11 is 0. The Labute approximate surface area is 195 Å². The van der Waals surface area contributed by atoms with Crippen LogP contribution in [0.25, 0.3) is 5.57 Å². The van der Waals surface area contributed by atoms with Gasteiger partial charge in [-0.15, -0.1) is 0 Å². The molecule has 3 heteroatoms. The van der Waals surface area contributed by atoms with E-state index in [0.717, 1.165) is 0 Å². The zero-order chi connectivity index (χ0) is 23.3. The normalized spacial score (nSPS) is 12.4. The Hall–Kier alpha value is -2.46. The Bertz CT molecular complexity index is 1030. The van der Waals surface area contributed by atoms with Gasteiger partial charge in [0.25, 0.3) is 0 Å². The Morgan fingerprint density at radius 3 is 1.94 bits per heavy atom. The van der Waals surface area contributed by atoms with Crippen molar-refractivity contribution < 1.29 is 4.43 Å². The minimum Gasteiger partial charge on any atom is -0.407 e. The predicted octanol–water partition coefficient (Wildman–Crippen LogP) is 5.02. The third kappa shape index (κ3) is 5.47. The molecule has 0 radical (unpaired) electrons. The summed E-state index contributed by atoms with van der Waals surface area (Å²) in [5.41, 5.74) is 13.8. The lowest BCUT2D eigenvalue weighted by atomic mass is 9.77. The second-order valence-electron chi connectivity index (χ2n) is 9.61. The van der Waals surface area contributed by atoms with Gasteiger partial charge in [0.05, 0.1) is 6.61 Å². The van der Waals surface area contributed by atoms with Gasteiger partial charge in [-0.1, -0.05) is 93.6 Å². The van der Waals surface area contributed by atoms with E-state index in [0.29, 0.717) is 13.2 Å². The largest absolute Gasteiger partial charge is 0.407 e. The van der Waals surface area contributed by atoms with Gasteiger partial charge in [0.2, 0.25) is 9.04 Å². The van der Waals surface area contributed by atoms with Gasteiger partial charge >= 0.3 is 0 Å². The molecule has 0 saturated carbocycles. The fraction of sp³-hybridized carbons (Fsp3) is 0.310. The van der Waals surface area contributed by atoms with E-state index in [4.69, 9.17) is 10.2 Å². The standard InChI is InChI=1S/C29H37NOSi/c1-21(17-18-30)27-23(3)28(29(4,5)6)22(2)19-24(27)20-31-32(25-13-9-7-10-14-25)26-15-11-8-12-16-26/h7-17,19,32H,18,20,30H2,1-6H3. The molecule has 0 aromatic heterocycles. The molecule has 3 aromatic carbocycles. The quantitative estimate of drug-likeness (QED) is 0.521. The van der Waals surface area contributed by atoms with E-state index >= 15 is 0 Å². The summed E-state index contributed by atoms with van der Waals surface area (Å²) < 4.78 is 6.79. The van der Waals surface area contributed by atoms with Gasteiger partial charge in [-0.3, -0.25) is 0 Å². The van der Waals surface area contributed by atoms with Crippen LogP contribution in [0, 0.1) is 13.8 Å². The average Bonchev–Trinajstić information content (AvgIpc) is 2.74. The first-order valence-corrected chi connectivity index (χ1v) is 13.1. The lowest BCUT2D eigenvalue weighted by molar-refractivity contribution is 0.321. The van der Waals surface area contributed by atoms with E-state index in [1.54, 1.807) is 0 Å². The lowest BCUT2D eigenvalue weighted by Crippen LogP contribution is -2.44. The third-order valence-corrected chi connectivity index (χ3v) is 8.52. The maximum absolute atomic E-state index is 6.79. The first kappa shape index (κ1) is 24.2. The van der Waals surface area contributed by atoms with Crippen LogP contribution < -0.4 is 16.1 Å². The molecule has 0 amide bonds. The minimum atomic E-state index is -1.81. The molecular formula is C29H37NOSi. The molecular weight excluding hydrogens is 406 g/mol. The van der Waals surface area contributed by atoms with Gasteiger partial charge in [0, 0.05) is 6.54 Å². The molecule has 3 rings (SSSR count). The van der Waals surface area contributed by atoms with Gasteiger partial charge in [0.1, 0.15) is 0 Å². The fourth-order valence-corrected chi connectivity index (χ4v) is 7.24. The highest BCUT2D eigenvalue weighted by atomic mass is 28.3. The molecule has 0 atom stereocenters. The zero-order valence-corrected chi connectivity index (χ0v) is 21.6. The van der Waals surface area contributed by atoms with Crippen molar-refractivity contribution >= 4 is 25.0 Å². The van der Waals surface area contributed by atoms with Crippen LogP contribution in [0.4, 0.5) is 0 Å². The molecule has 168 valence electrons. The second kappa shape index (κ2) is 10.4. The molecule has 0 heterocycles. The third-order valence-electron chi connectivity index (χ3n) is 6.03. The first-order valence-electron chi connectivity index (χ1n) is 11.5. The van der Waals surface area contributed by atoms with Gasteiger partial charge in [0.15, 0.2) is 0 Å². The van der Waals surface area contributed by atoms with E-state index in [1.165, 1.54) is 43.8 Å². The van der Waals surface area contributed by atoms with Crippen LogP contribution in [0.2, 0.25) is 0 Å².